The van der Waals surface area contributed by atoms with Crippen LogP contribution in [0.3, 0.4) is 0 Å². The van der Waals surface area contributed by atoms with Gasteiger partial charge >= 0.3 is 0 Å². The fourth-order valence-electron chi connectivity index (χ4n) is 3.04. The van der Waals surface area contributed by atoms with E-state index in [1.54, 1.807) is 4.90 Å². The van der Waals surface area contributed by atoms with E-state index in [0.717, 1.165) is 27.2 Å². The summed E-state index contributed by atoms with van der Waals surface area (Å²) in [6, 6.07) is 5.85. The largest absolute Gasteiger partial charge is 0.286 e. The van der Waals surface area contributed by atoms with E-state index in [0.29, 0.717) is 23.2 Å². The molecule has 27 heavy (non-hydrogen) atoms. The SMILES string of the molecule is Cc1cc(C)n(CCN(C(=O)C(C)(C)C)c2nc3c(C)cc(Cl)cc3s2)n1. The number of rotatable bonds is 4. The van der Waals surface area contributed by atoms with Gasteiger partial charge in [-0.2, -0.15) is 5.10 Å². The molecule has 2 aromatic heterocycles. The molecule has 0 aliphatic carbocycles. The highest BCUT2D eigenvalue weighted by Crippen LogP contribution is 2.34. The summed E-state index contributed by atoms with van der Waals surface area (Å²) in [5, 5.41) is 5.90. The molecule has 0 atom stereocenters. The standard InChI is InChI=1S/C20H25ClN4OS/c1-12-9-15(21)11-16-17(12)22-19(27-16)24(18(26)20(4,5)6)7-8-25-14(3)10-13(2)23-25/h9-11H,7-8H2,1-6H3. The van der Waals surface area contributed by atoms with Gasteiger partial charge in [-0.15, -0.1) is 0 Å². The summed E-state index contributed by atoms with van der Waals surface area (Å²) in [6.45, 7) is 12.9. The number of carbonyl (C=O) groups excluding carboxylic acids is 1. The number of fused-ring (bicyclic) bond motifs is 1. The summed E-state index contributed by atoms with van der Waals surface area (Å²) in [6.07, 6.45) is 0. The highest BCUT2D eigenvalue weighted by molar-refractivity contribution is 7.22. The number of nitrogens with zero attached hydrogens (tertiary/aromatic N) is 4. The van der Waals surface area contributed by atoms with Crippen molar-refractivity contribution in [2.75, 3.05) is 11.4 Å². The minimum absolute atomic E-state index is 0.0480. The topological polar surface area (TPSA) is 51.0 Å². The zero-order chi connectivity index (χ0) is 19.9. The van der Waals surface area contributed by atoms with Crippen molar-refractivity contribution in [2.24, 2.45) is 5.41 Å². The number of halogens is 1. The van der Waals surface area contributed by atoms with Crippen molar-refractivity contribution in [3.05, 3.63) is 40.2 Å². The first-order valence-electron chi connectivity index (χ1n) is 8.96. The average Bonchev–Trinajstić information content (AvgIpc) is 3.09. The van der Waals surface area contributed by atoms with Crippen LogP contribution in [0.1, 0.15) is 37.7 Å². The van der Waals surface area contributed by atoms with Gasteiger partial charge in [0.2, 0.25) is 5.91 Å². The van der Waals surface area contributed by atoms with Crippen LogP contribution in [-0.2, 0) is 11.3 Å². The van der Waals surface area contributed by atoms with E-state index < -0.39 is 5.41 Å². The van der Waals surface area contributed by atoms with Crippen molar-refractivity contribution in [3.8, 4) is 0 Å². The zero-order valence-electron chi connectivity index (χ0n) is 16.6. The second kappa shape index (κ2) is 7.24. The van der Waals surface area contributed by atoms with E-state index >= 15 is 0 Å². The summed E-state index contributed by atoms with van der Waals surface area (Å²) in [5.41, 5.74) is 3.48. The predicted octanol–water partition coefficient (Wildman–Crippen LogP) is 5.15. The van der Waals surface area contributed by atoms with Crippen molar-refractivity contribution in [1.82, 2.24) is 14.8 Å². The Kier molecular flexibility index (Phi) is 5.32. The number of hydrogen-bond acceptors (Lipinski definition) is 4. The number of aromatic nitrogens is 3. The second-order valence-corrected chi connectivity index (χ2v) is 9.37. The van der Waals surface area contributed by atoms with Crippen molar-refractivity contribution < 1.29 is 4.79 Å². The molecular weight excluding hydrogens is 380 g/mol. The van der Waals surface area contributed by atoms with Crippen LogP contribution in [0.2, 0.25) is 5.02 Å². The minimum Gasteiger partial charge on any atom is -0.286 e. The van der Waals surface area contributed by atoms with Gasteiger partial charge in [0.05, 0.1) is 22.5 Å². The van der Waals surface area contributed by atoms with Crippen LogP contribution in [0.15, 0.2) is 18.2 Å². The Bertz CT molecular complexity index is 999. The van der Waals surface area contributed by atoms with E-state index in [2.05, 4.69) is 5.10 Å². The number of anilines is 1. The number of hydrogen-bond donors (Lipinski definition) is 0. The molecule has 3 aromatic rings. The molecule has 0 saturated heterocycles. The van der Waals surface area contributed by atoms with Crippen LogP contribution in [0.25, 0.3) is 10.2 Å². The van der Waals surface area contributed by atoms with Gasteiger partial charge in [0, 0.05) is 22.7 Å². The van der Waals surface area contributed by atoms with Gasteiger partial charge in [-0.1, -0.05) is 43.7 Å². The fourth-order valence-corrected chi connectivity index (χ4v) is 4.49. The average molecular weight is 405 g/mol. The van der Waals surface area contributed by atoms with Crippen molar-refractivity contribution in [2.45, 2.75) is 48.1 Å². The number of aryl methyl sites for hydroxylation is 3. The van der Waals surface area contributed by atoms with Crippen LogP contribution >= 0.6 is 22.9 Å². The lowest BCUT2D eigenvalue weighted by atomic mass is 9.95. The fraction of sp³-hybridized carbons (Fsp3) is 0.450. The summed E-state index contributed by atoms with van der Waals surface area (Å²) in [5.74, 6) is 0.0480. The molecule has 1 aromatic carbocycles. The molecule has 0 radical (unpaired) electrons. The highest BCUT2D eigenvalue weighted by atomic mass is 35.5. The molecule has 144 valence electrons. The van der Waals surface area contributed by atoms with Crippen molar-refractivity contribution in [3.63, 3.8) is 0 Å². The summed E-state index contributed by atoms with van der Waals surface area (Å²) >= 11 is 7.70. The van der Waals surface area contributed by atoms with Crippen molar-refractivity contribution >= 4 is 44.2 Å². The Morgan fingerprint density at radius 3 is 2.52 bits per heavy atom. The zero-order valence-corrected chi connectivity index (χ0v) is 18.2. The van der Waals surface area contributed by atoms with Crippen LogP contribution in [0.5, 0.6) is 0 Å². The first-order valence-corrected chi connectivity index (χ1v) is 10.2. The van der Waals surface area contributed by atoms with E-state index in [4.69, 9.17) is 16.6 Å². The van der Waals surface area contributed by atoms with Gasteiger partial charge < -0.3 is 0 Å². The second-order valence-electron chi connectivity index (χ2n) is 7.92. The van der Waals surface area contributed by atoms with Gasteiger partial charge in [0.1, 0.15) is 0 Å². The van der Waals surface area contributed by atoms with Gasteiger partial charge in [-0.05, 0) is 44.5 Å². The summed E-state index contributed by atoms with van der Waals surface area (Å²) < 4.78 is 2.93. The molecule has 5 nitrogen and oxygen atoms in total. The van der Waals surface area contributed by atoms with Crippen LogP contribution in [0.4, 0.5) is 5.13 Å². The Morgan fingerprint density at radius 2 is 1.93 bits per heavy atom. The third kappa shape index (κ3) is 4.17. The van der Waals surface area contributed by atoms with E-state index in [9.17, 15) is 4.79 Å². The third-order valence-corrected chi connectivity index (χ3v) is 5.64. The first kappa shape index (κ1) is 19.8. The summed E-state index contributed by atoms with van der Waals surface area (Å²) in [7, 11) is 0. The number of thiazole rings is 1. The van der Waals surface area contributed by atoms with Crippen LogP contribution in [-0.4, -0.2) is 27.2 Å². The third-order valence-electron chi connectivity index (χ3n) is 4.40. The monoisotopic (exact) mass is 404 g/mol. The van der Waals surface area contributed by atoms with Gasteiger partial charge in [0.15, 0.2) is 5.13 Å². The molecule has 0 unspecified atom stereocenters. The van der Waals surface area contributed by atoms with Gasteiger partial charge in [-0.3, -0.25) is 14.4 Å². The van der Waals surface area contributed by atoms with Crippen LogP contribution < -0.4 is 4.90 Å². The molecule has 1 amide bonds. The molecule has 3 rings (SSSR count). The molecule has 0 bridgehead atoms. The Labute approximate surface area is 169 Å². The van der Waals surface area contributed by atoms with Gasteiger partial charge in [-0.25, -0.2) is 4.98 Å². The smallest absolute Gasteiger partial charge is 0.234 e. The predicted molar refractivity (Wildman–Crippen MR) is 113 cm³/mol. The lowest BCUT2D eigenvalue weighted by Gasteiger charge is -2.27. The van der Waals surface area contributed by atoms with Crippen LogP contribution in [0, 0.1) is 26.2 Å². The van der Waals surface area contributed by atoms with E-state index in [1.807, 2.05) is 64.4 Å². The highest BCUT2D eigenvalue weighted by Gasteiger charge is 2.30. The Morgan fingerprint density at radius 1 is 1.22 bits per heavy atom. The number of benzene rings is 1. The maximum Gasteiger partial charge on any atom is 0.234 e. The molecule has 0 aliphatic heterocycles. The number of carbonyl (C=O) groups is 1. The lowest BCUT2D eigenvalue weighted by Crippen LogP contribution is -2.41. The number of amides is 1. The lowest BCUT2D eigenvalue weighted by molar-refractivity contribution is -0.125. The molecule has 0 aliphatic rings. The first-order chi connectivity index (χ1) is 12.6. The summed E-state index contributed by atoms with van der Waals surface area (Å²) in [4.78, 5) is 19.7. The van der Waals surface area contributed by atoms with Gasteiger partial charge in [0.25, 0.3) is 0 Å². The molecule has 0 N–H and O–H groups in total. The molecule has 0 spiro atoms. The normalized spacial score (nSPS) is 12.0. The van der Waals surface area contributed by atoms with E-state index in [1.165, 1.54) is 11.3 Å². The van der Waals surface area contributed by atoms with Crippen molar-refractivity contribution in [1.29, 1.82) is 0 Å². The minimum atomic E-state index is -0.500. The maximum atomic E-state index is 13.1. The molecule has 7 heteroatoms. The molecule has 0 saturated carbocycles. The maximum absolute atomic E-state index is 13.1. The Hall–Kier alpha value is -1.92. The quantitative estimate of drug-likeness (QED) is 0.604. The molecule has 2 heterocycles. The van der Waals surface area contributed by atoms with E-state index in [-0.39, 0.29) is 5.91 Å². The molecular formula is C20H25ClN4OS. The Balaban J connectivity index is 1.98. The molecule has 0 fully saturated rings.